The van der Waals surface area contributed by atoms with E-state index in [0.717, 1.165) is 29.1 Å². The van der Waals surface area contributed by atoms with Crippen LogP contribution in [0.5, 0.6) is 5.75 Å². The van der Waals surface area contributed by atoms with Gasteiger partial charge in [-0.1, -0.05) is 54.0 Å². The number of carbonyl (C=O) groups excluding carboxylic acids is 1. The van der Waals surface area contributed by atoms with Gasteiger partial charge in [0.25, 0.3) is 5.91 Å². The molecular weight excluding hydrogens is 468 g/mol. The summed E-state index contributed by atoms with van der Waals surface area (Å²) < 4.78 is 7.66. The first-order chi connectivity index (χ1) is 15.4. The molecule has 32 heavy (non-hydrogen) atoms. The molecule has 166 valence electrons. The summed E-state index contributed by atoms with van der Waals surface area (Å²) in [6.07, 6.45) is 1.73. The lowest BCUT2D eigenvalue weighted by Crippen LogP contribution is -2.35. The molecule has 7 heteroatoms. The Kier molecular flexibility index (Phi) is 8.07. The zero-order valence-corrected chi connectivity index (χ0v) is 20.2. The van der Waals surface area contributed by atoms with E-state index in [2.05, 4.69) is 40.9 Å². The third-order valence-electron chi connectivity index (χ3n) is 4.99. The molecule has 3 rings (SSSR count). The van der Waals surface area contributed by atoms with Gasteiger partial charge in [-0.3, -0.25) is 9.48 Å². The van der Waals surface area contributed by atoms with Crippen molar-refractivity contribution in [3.63, 3.8) is 0 Å². The van der Waals surface area contributed by atoms with Gasteiger partial charge in [0.15, 0.2) is 6.61 Å². The second kappa shape index (κ2) is 11.0. The SMILES string of the molecule is Cc1c(N(Cc2cc(C#N)cc(CBr)c2)C(=O)COc2ccccc2)cnn1CC(C)C. The van der Waals surface area contributed by atoms with Gasteiger partial charge in [0.05, 0.1) is 35.8 Å². The van der Waals surface area contributed by atoms with Crippen LogP contribution in [0.25, 0.3) is 0 Å². The van der Waals surface area contributed by atoms with Crippen molar-refractivity contribution in [2.75, 3.05) is 11.5 Å². The minimum absolute atomic E-state index is 0.0952. The Bertz CT molecular complexity index is 1100. The van der Waals surface area contributed by atoms with Crippen LogP contribution < -0.4 is 9.64 Å². The lowest BCUT2D eigenvalue weighted by atomic mass is 10.1. The van der Waals surface area contributed by atoms with Crippen LogP contribution in [0.2, 0.25) is 0 Å². The first kappa shape index (κ1) is 23.6. The summed E-state index contributed by atoms with van der Waals surface area (Å²) in [4.78, 5) is 15.0. The number of rotatable bonds is 9. The second-order valence-corrected chi connectivity index (χ2v) is 8.62. The summed E-state index contributed by atoms with van der Waals surface area (Å²) in [5, 5.41) is 14.5. The summed E-state index contributed by atoms with van der Waals surface area (Å²) >= 11 is 3.46. The Morgan fingerprint density at radius 2 is 1.94 bits per heavy atom. The molecule has 0 spiro atoms. The molecular formula is C25H27BrN4O2. The van der Waals surface area contributed by atoms with Crippen molar-refractivity contribution in [1.29, 1.82) is 5.26 Å². The molecule has 0 radical (unpaired) electrons. The first-order valence-electron chi connectivity index (χ1n) is 10.5. The van der Waals surface area contributed by atoms with Gasteiger partial charge in [-0.15, -0.1) is 0 Å². The van der Waals surface area contributed by atoms with Crippen molar-refractivity contribution in [3.8, 4) is 11.8 Å². The van der Waals surface area contributed by atoms with Crippen molar-refractivity contribution < 1.29 is 9.53 Å². The van der Waals surface area contributed by atoms with Gasteiger partial charge in [-0.25, -0.2) is 0 Å². The number of hydrogen-bond donors (Lipinski definition) is 0. The van der Waals surface area contributed by atoms with Crippen molar-refractivity contribution >= 4 is 27.5 Å². The van der Waals surface area contributed by atoms with Crippen LogP contribution in [0.15, 0.2) is 54.7 Å². The predicted octanol–water partition coefficient (Wildman–Crippen LogP) is 5.23. The average Bonchev–Trinajstić information content (AvgIpc) is 3.15. The summed E-state index contributed by atoms with van der Waals surface area (Å²) in [5.41, 5.74) is 4.10. The average molecular weight is 495 g/mol. The quantitative estimate of drug-likeness (QED) is 0.382. The van der Waals surface area contributed by atoms with E-state index in [1.807, 2.05) is 60.1 Å². The molecule has 0 fully saturated rings. The van der Waals surface area contributed by atoms with E-state index in [9.17, 15) is 10.1 Å². The minimum atomic E-state index is -0.177. The molecule has 0 saturated carbocycles. The fraction of sp³-hybridized carbons (Fsp3) is 0.320. The number of nitriles is 1. The predicted molar refractivity (Wildman–Crippen MR) is 129 cm³/mol. The van der Waals surface area contributed by atoms with E-state index < -0.39 is 0 Å². The highest BCUT2D eigenvalue weighted by Gasteiger charge is 2.22. The fourth-order valence-electron chi connectivity index (χ4n) is 3.46. The molecule has 3 aromatic rings. The number of aromatic nitrogens is 2. The molecule has 0 atom stereocenters. The molecule has 1 amide bonds. The molecule has 0 aliphatic rings. The summed E-state index contributed by atoms with van der Waals surface area (Å²) in [6.45, 7) is 7.23. The van der Waals surface area contributed by atoms with Gasteiger partial charge >= 0.3 is 0 Å². The first-order valence-corrected chi connectivity index (χ1v) is 11.6. The number of anilines is 1. The Balaban J connectivity index is 1.92. The van der Waals surface area contributed by atoms with Gasteiger partial charge < -0.3 is 9.64 Å². The van der Waals surface area contributed by atoms with Crippen molar-refractivity contribution in [3.05, 3.63) is 77.1 Å². The summed E-state index contributed by atoms with van der Waals surface area (Å²) in [7, 11) is 0. The van der Waals surface area contributed by atoms with E-state index in [1.54, 1.807) is 11.1 Å². The number of amides is 1. The molecule has 0 N–H and O–H groups in total. The molecule has 0 aliphatic heterocycles. The lowest BCUT2D eigenvalue weighted by molar-refractivity contribution is -0.120. The molecule has 0 aliphatic carbocycles. The van der Waals surface area contributed by atoms with Crippen LogP contribution >= 0.6 is 15.9 Å². The Labute approximate surface area is 197 Å². The fourth-order valence-corrected chi connectivity index (χ4v) is 3.78. The van der Waals surface area contributed by atoms with E-state index in [1.165, 1.54) is 0 Å². The molecule has 1 aromatic heterocycles. The minimum Gasteiger partial charge on any atom is -0.484 e. The molecule has 1 heterocycles. The van der Waals surface area contributed by atoms with Gasteiger partial charge in [-0.05, 0) is 48.2 Å². The number of carbonyl (C=O) groups is 1. The topological polar surface area (TPSA) is 71.2 Å². The molecule has 0 bridgehead atoms. The molecule has 0 saturated heterocycles. The largest absolute Gasteiger partial charge is 0.484 e. The standard InChI is InChI=1S/C25H27BrN4O2/c1-18(2)15-30-19(3)24(14-28-30)29(25(31)17-32-23-7-5-4-6-8-23)16-22-10-20(12-26)9-21(11-22)13-27/h4-11,14,18H,12,15-17H2,1-3H3. The third-order valence-corrected chi connectivity index (χ3v) is 5.64. The van der Waals surface area contributed by atoms with E-state index in [0.29, 0.717) is 29.1 Å². The Morgan fingerprint density at radius 1 is 1.22 bits per heavy atom. The van der Waals surface area contributed by atoms with E-state index >= 15 is 0 Å². The lowest BCUT2D eigenvalue weighted by Gasteiger charge is -2.23. The van der Waals surface area contributed by atoms with E-state index in [4.69, 9.17) is 4.74 Å². The van der Waals surface area contributed by atoms with Crippen LogP contribution in [0.1, 0.15) is 36.2 Å². The van der Waals surface area contributed by atoms with Gasteiger partial charge in [-0.2, -0.15) is 10.4 Å². The number of nitrogens with zero attached hydrogens (tertiary/aromatic N) is 4. The Hall–Kier alpha value is -3.11. The zero-order valence-electron chi connectivity index (χ0n) is 18.6. The van der Waals surface area contributed by atoms with Crippen LogP contribution in [-0.4, -0.2) is 22.3 Å². The summed E-state index contributed by atoms with van der Waals surface area (Å²) in [5.74, 6) is 0.894. The zero-order chi connectivity index (χ0) is 23.1. The third kappa shape index (κ3) is 5.98. The van der Waals surface area contributed by atoms with Crippen LogP contribution in [0, 0.1) is 24.2 Å². The highest BCUT2D eigenvalue weighted by molar-refractivity contribution is 9.08. The maximum atomic E-state index is 13.3. The monoisotopic (exact) mass is 494 g/mol. The second-order valence-electron chi connectivity index (χ2n) is 8.06. The summed E-state index contributed by atoms with van der Waals surface area (Å²) in [6, 6.07) is 17.1. The van der Waals surface area contributed by atoms with Crippen LogP contribution in [0.3, 0.4) is 0 Å². The molecule has 6 nitrogen and oxygen atoms in total. The van der Waals surface area contributed by atoms with Crippen molar-refractivity contribution in [2.45, 2.75) is 39.2 Å². The van der Waals surface area contributed by atoms with Crippen molar-refractivity contribution in [1.82, 2.24) is 9.78 Å². The Morgan fingerprint density at radius 3 is 2.59 bits per heavy atom. The number of benzene rings is 2. The van der Waals surface area contributed by atoms with Gasteiger partial charge in [0.2, 0.25) is 0 Å². The number of hydrogen-bond acceptors (Lipinski definition) is 4. The van der Waals surface area contributed by atoms with E-state index in [-0.39, 0.29) is 12.5 Å². The van der Waals surface area contributed by atoms with Gasteiger partial charge in [0, 0.05) is 11.9 Å². The van der Waals surface area contributed by atoms with Crippen LogP contribution in [-0.2, 0) is 23.2 Å². The normalized spacial score (nSPS) is 10.8. The smallest absolute Gasteiger partial charge is 0.265 e. The number of alkyl halides is 1. The highest BCUT2D eigenvalue weighted by atomic mass is 79.9. The number of halogens is 1. The van der Waals surface area contributed by atoms with Crippen molar-refractivity contribution in [2.24, 2.45) is 5.92 Å². The molecule has 0 unspecified atom stereocenters. The highest BCUT2D eigenvalue weighted by Crippen LogP contribution is 2.24. The molecule has 2 aromatic carbocycles. The maximum Gasteiger partial charge on any atom is 0.265 e. The maximum absolute atomic E-state index is 13.3. The number of para-hydroxylation sites is 1. The number of ether oxygens (including phenoxy) is 1. The van der Waals surface area contributed by atoms with Crippen LogP contribution in [0.4, 0.5) is 5.69 Å². The van der Waals surface area contributed by atoms with Gasteiger partial charge in [0.1, 0.15) is 5.75 Å².